The maximum atomic E-state index is 13.2. The van der Waals surface area contributed by atoms with Crippen molar-refractivity contribution in [3.63, 3.8) is 0 Å². The molecule has 15 heavy (non-hydrogen) atoms. The van der Waals surface area contributed by atoms with Gasteiger partial charge < -0.3 is 12.9 Å². The minimum absolute atomic E-state index is 0.0405. The molecule has 0 atom stereocenters. The molecular formula is C8H6BF4N2-. The van der Waals surface area contributed by atoms with Gasteiger partial charge in [-0.25, -0.2) is 4.39 Å². The van der Waals surface area contributed by atoms with E-state index < -0.39 is 18.3 Å². The molecule has 0 aliphatic heterocycles. The van der Waals surface area contributed by atoms with Crippen LogP contribution in [0.2, 0.25) is 0 Å². The number of halogens is 4. The Balaban J connectivity index is 2.72. The van der Waals surface area contributed by atoms with E-state index >= 15 is 0 Å². The van der Waals surface area contributed by atoms with Crippen molar-refractivity contribution in [3.8, 4) is 0 Å². The van der Waals surface area contributed by atoms with Crippen LogP contribution in [0.15, 0.2) is 18.3 Å². The summed E-state index contributed by atoms with van der Waals surface area (Å²) < 4.78 is 51.6. The first kappa shape index (κ1) is 10.0. The van der Waals surface area contributed by atoms with Crippen LogP contribution in [0.3, 0.4) is 0 Å². The normalized spacial score (nSPS) is 12.3. The van der Waals surface area contributed by atoms with Gasteiger partial charge in [-0.05, 0) is 0 Å². The van der Waals surface area contributed by atoms with Crippen molar-refractivity contribution < 1.29 is 17.3 Å². The Morgan fingerprint density at radius 3 is 2.53 bits per heavy atom. The van der Waals surface area contributed by atoms with Crippen LogP contribution in [-0.2, 0) is 7.05 Å². The van der Waals surface area contributed by atoms with E-state index in [1.165, 1.54) is 17.9 Å². The molecule has 2 nitrogen and oxygen atoms in total. The average molecular weight is 217 g/mol. The zero-order chi connectivity index (χ0) is 11.2. The maximum absolute atomic E-state index is 13.2. The first-order valence-corrected chi connectivity index (χ1v) is 4.20. The van der Waals surface area contributed by atoms with Crippen LogP contribution in [0.1, 0.15) is 0 Å². The molecule has 0 fully saturated rings. The molecule has 2 aromatic rings. The molecule has 0 N–H and O–H groups in total. The van der Waals surface area contributed by atoms with Gasteiger partial charge in [0.2, 0.25) is 0 Å². The monoisotopic (exact) mass is 217 g/mol. The van der Waals surface area contributed by atoms with Gasteiger partial charge in [0.05, 0.1) is 0 Å². The smallest absolute Gasteiger partial charge is 0.445 e. The molecule has 0 aliphatic rings. The van der Waals surface area contributed by atoms with Gasteiger partial charge in [-0.2, -0.15) is 5.10 Å². The molecular weight excluding hydrogens is 211 g/mol. The van der Waals surface area contributed by atoms with E-state index in [4.69, 9.17) is 0 Å². The van der Waals surface area contributed by atoms with Crippen molar-refractivity contribution in [3.05, 3.63) is 24.1 Å². The lowest BCUT2D eigenvalue weighted by Crippen LogP contribution is -2.34. The summed E-state index contributed by atoms with van der Waals surface area (Å²) in [5, 5.41) is 3.88. The van der Waals surface area contributed by atoms with Crippen LogP contribution < -0.4 is 5.46 Å². The van der Waals surface area contributed by atoms with E-state index in [1.54, 1.807) is 0 Å². The van der Waals surface area contributed by atoms with Gasteiger partial charge in [0, 0.05) is 18.6 Å². The number of fused-ring (bicyclic) bond motifs is 1. The predicted molar refractivity (Wildman–Crippen MR) is 49.4 cm³/mol. The fourth-order valence-corrected chi connectivity index (χ4v) is 1.42. The molecule has 80 valence electrons. The molecule has 0 radical (unpaired) electrons. The summed E-state index contributed by atoms with van der Waals surface area (Å²) in [5.74, 6) is -0.942. The number of hydrogen-bond donors (Lipinski definition) is 0. The number of aryl methyl sites for hydroxylation is 1. The van der Waals surface area contributed by atoms with Crippen LogP contribution in [0.25, 0.3) is 10.9 Å². The highest BCUT2D eigenvalue weighted by Crippen LogP contribution is 2.18. The second-order valence-electron chi connectivity index (χ2n) is 3.32. The highest BCUT2D eigenvalue weighted by molar-refractivity contribution is 6.73. The standard InChI is InChI=1S/C8H6BF4N2/c1-15-4-5-2-6(9(11,12)13)3-7(10)8(5)14-15/h2-4H,1H3/q-1. The summed E-state index contributed by atoms with van der Waals surface area (Å²) >= 11 is 0. The molecule has 0 amide bonds. The molecule has 0 saturated heterocycles. The zero-order valence-corrected chi connectivity index (χ0v) is 7.72. The van der Waals surface area contributed by atoms with Crippen molar-refractivity contribution in [1.82, 2.24) is 9.78 Å². The summed E-state index contributed by atoms with van der Waals surface area (Å²) in [5.41, 5.74) is -0.978. The predicted octanol–water partition coefficient (Wildman–Crippen LogP) is 1.77. The van der Waals surface area contributed by atoms with Crippen molar-refractivity contribution >= 4 is 23.3 Å². The number of nitrogens with zero attached hydrogens (tertiary/aromatic N) is 2. The Hall–Kier alpha value is -1.53. The maximum Gasteiger partial charge on any atom is 0.509 e. The summed E-state index contributed by atoms with van der Waals surface area (Å²) in [7, 11) is 1.53. The van der Waals surface area contributed by atoms with E-state index in [9.17, 15) is 17.3 Å². The third-order valence-corrected chi connectivity index (χ3v) is 2.08. The van der Waals surface area contributed by atoms with Crippen LogP contribution in [0.4, 0.5) is 17.3 Å². The molecule has 2 rings (SSSR count). The van der Waals surface area contributed by atoms with Crippen molar-refractivity contribution in [2.24, 2.45) is 7.05 Å². The third kappa shape index (κ3) is 1.69. The average Bonchev–Trinajstić information content (AvgIpc) is 2.44. The Kier molecular flexibility index (Phi) is 1.99. The number of rotatable bonds is 1. The lowest BCUT2D eigenvalue weighted by molar-refractivity contribution is 0.500. The van der Waals surface area contributed by atoms with Gasteiger partial charge in [0.15, 0.2) is 0 Å². The molecule has 1 aromatic heterocycles. The van der Waals surface area contributed by atoms with Gasteiger partial charge in [0.25, 0.3) is 0 Å². The van der Waals surface area contributed by atoms with Crippen LogP contribution >= 0.6 is 0 Å². The lowest BCUT2D eigenvalue weighted by Gasteiger charge is -2.14. The summed E-state index contributed by atoms with van der Waals surface area (Å²) in [6.07, 6.45) is 1.35. The number of hydrogen-bond acceptors (Lipinski definition) is 1. The van der Waals surface area contributed by atoms with Gasteiger partial charge in [-0.3, -0.25) is 4.68 Å². The molecule has 0 unspecified atom stereocenters. The van der Waals surface area contributed by atoms with Gasteiger partial charge in [-0.15, -0.1) is 5.46 Å². The minimum Gasteiger partial charge on any atom is -0.445 e. The quantitative estimate of drug-likeness (QED) is 0.525. The second-order valence-corrected chi connectivity index (χ2v) is 3.32. The zero-order valence-electron chi connectivity index (χ0n) is 7.72. The van der Waals surface area contributed by atoms with E-state index in [0.717, 1.165) is 6.07 Å². The second kappa shape index (κ2) is 2.98. The molecule has 0 aliphatic carbocycles. The SMILES string of the molecule is Cn1cc2cc([B-](F)(F)F)cc(F)c2n1. The van der Waals surface area contributed by atoms with E-state index in [0.29, 0.717) is 6.07 Å². The summed E-state index contributed by atoms with van der Waals surface area (Å²) in [6, 6.07) is 1.39. The number of benzene rings is 1. The molecule has 1 heterocycles. The third-order valence-electron chi connectivity index (χ3n) is 2.08. The van der Waals surface area contributed by atoms with Gasteiger partial charge in [0.1, 0.15) is 11.3 Å². The van der Waals surface area contributed by atoms with Crippen LogP contribution in [-0.4, -0.2) is 16.8 Å². The molecule has 0 spiro atoms. The number of aromatic nitrogens is 2. The molecule has 0 bridgehead atoms. The topological polar surface area (TPSA) is 17.8 Å². The Labute approximate surface area is 82.6 Å². The Morgan fingerprint density at radius 1 is 1.27 bits per heavy atom. The summed E-state index contributed by atoms with van der Waals surface area (Å²) in [6.45, 7) is -5.17. The Morgan fingerprint density at radius 2 is 1.93 bits per heavy atom. The van der Waals surface area contributed by atoms with Gasteiger partial charge >= 0.3 is 6.98 Å². The largest absolute Gasteiger partial charge is 0.509 e. The van der Waals surface area contributed by atoms with Crippen molar-refractivity contribution in [2.75, 3.05) is 0 Å². The van der Waals surface area contributed by atoms with E-state index in [1.807, 2.05) is 0 Å². The highest BCUT2D eigenvalue weighted by Gasteiger charge is 2.27. The van der Waals surface area contributed by atoms with E-state index in [-0.39, 0.29) is 10.9 Å². The lowest BCUT2D eigenvalue weighted by atomic mass is 9.79. The van der Waals surface area contributed by atoms with Crippen molar-refractivity contribution in [1.29, 1.82) is 0 Å². The van der Waals surface area contributed by atoms with Crippen LogP contribution in [0, 0.1) is 5.82 Å². The first-order valence-electron chi connectivity index (χ1n) is 4.20. The Bertz CT molecular complexity index is 517. The summed E-state index contributed by atoms with van der Waals surface area (Å²) in [4.78, 5) is 0. The highest BCUT2D eigenvalue weighted by atomic mass is 19.4. The van der Waals surface area contributed by atoms with Crippen molar-refractivity contribution in [2.45, 2.75) is 0 Å². The van der Waals surface area contributed by atoms with Crippen LogP contribution in [0.5, 0.6) is 0 Å². The fourth-order valence-electron chi connectivity index (χ4n) is 1.42. The van der Waals surface area contributed by atoms with Gasteiger partial charge in [-0.1, -0.05) is 12.1 Å². The first-order chi connectivity index (χ1) is 6.88. The molecule has 7 heteroatoms. The minimum atomic E-state index is -5.17. The molecule has 1 aromatic carbocycles. The molecule has 0 saturated carbocycles. The van der Waals surface area contributed by atoms with E-state index in [2.05, 4.69) is 5.10 Å². The fraction of sp³-hybridized carbons (Fsp3) is 0.125.